The van der Waals surface area contributed by atoms with Crippen LogP contribution in [-0.2, 0) is 6.42 Å². The van der Waals surface area contributed by atoms with E-state index in [1.807, 2.05) is 6.07 Å². The van der Waals surface area contributed by atoms with E-state index in [0.29, 0.717) is 10.2 Å². The van der Waals surface area contributed by atoms with Gasteiger partial charge in [0.15, 0.2) is 0 Å². The summed E-state index contributed by atoms with van der Waals surface area (Å²) in [4.78, 5) is 0.445. The molecule has 1 unspecified atom stereocenters. The Morgan fingerprint density at radius 1 is 1.43 bits per heavy atom. The van der Waals surface area contributed by atoms with Crippen molar-refractivity contribution in [1.29, 1.82) is 0 Å². The van der Waals surface area contributed by atoms with E-state index in [1.54, 1.807) is 7.11 Å². The van der Waals surface area contributed by atoms with Crippen molar-refractivity contribution in [1.82, 2.24) is 0 Å². The summed E-state index contributed by atoms with van der Waals surface area (Å²) in [6.45, 7) is 4.58. The van der Waals surface area contributed by atoms with Gasteiger partial charge in [0, 0.05) is 4.83 Å². The van der Waals surface area contributed by atoms with E-state index in [0.717, 1.165) is 12.2 Å². The van der Waals surface area contributed by atoms with Crippen LogP contribution in [0.3, 0.4) is 0 Å². The fraction of sp³-hybridized carbons (Fsp3) is 0.500. The Morgan fingerprint density at radius 2 is 2.14 bits per heavy atom. The van der Waals surface area contributed by atoms with Crippen LogP contribution in [0.15, 0.2) is 18.2 Å². The minimum atomic E-state index is 0.314. The number of benzene rings is 1. The summed E-state index contributed by atoms with van der Waals surface area (Å²) in [5, 5.41) is 0. The highest BCUT2D eigenvalue weighted by Gasteiger charge is 2.37. The topological polar surface area (TPSA) is 9.23 Å². The lowest BCUT2D eigenvalue weighted by molar-refractivity contribution is 0.388. The van der Waals surface area contributed by atoms with Crippen LogP contribution in [0.25, 0.3) is 0 Å². The predicted molar refractivity (Wildman–Crippen MR) is 62.1 cm³/mol. The third-order valence-electron chi connectivity index (χ3n) is 2.96. The third kappa shape index (κ3) is 1.46. The van der Waals surface area contributed by atoms with Crippen LogP contribution in [0.4, 0.5) is 0 Å². The molecule has 2 rings (SSSR count). The zero-order chi connectivity index (χ0) is 10.3. The van der Waals surface area contributed by atoms with Crippen molar-refractivity contribution >= 4 is 15.9 Å². The van der Waals surface area contributed by atoms with Crippen LogP contribution in [-0.4, -0.2) is 7.11 Å². The monoisotopic (exact) mass is 254 g/mol. The van der Waals surface area contributed by atoms with Crippen molar-refractivity contribution in [3.8, 4) is 5.75 Å². The number of fused-ring (bicyclic) bond motifs is 1. The highest BCUT2D eigenvalue weighted by atomic mass is 79.9. The van der Waals surface area contributed by atoms with Gasteiger partial charge in [-0.3, -0.25) is 0 Å². The second-order valence-corrected chi connectivity index (χ2v) is 5.51. The molecule has 0 aromatic heterocycles. The molecule has 0 fully saturated rings. The van der Waals surface area contributed by atoms with Gasteiger partial charge in [-0.25, -0.2) is 0 Å². The molecule has 1 aliphatic rings. The van der Waals surface area contributed by atoms with Crippen LogP contribution >= 0.6 is 15.9 Å². The van der Waals surface area contributed by atoms with Gasteiger partial charge in [0.25, 0.3) is 0 Å². The summed E-state index contributed by atoms with van der Waals surface area (Å²) in [5.74, 6) is 0.950. The van der Waals surface area contributed by atoms with Gasteiger partial charge in [0.2, 0.25) is 0 Å². The van der Waals surface area contributed by atoms with Crippen molar-refractivity contribution in [2.24, 2.45) is 5.41 Å². The SMILES string of the molecule is COc1ccc2c(c1)C(Br)C(C)(C)C2. The molecule has 1 nitrogen and oxygen atoms in total. The minimum Gasteiger partial charge on any atom is -0.497 e. The Balaban J connectivity index is 2.45. The number of alkyl halides is 1. The summed E-state index contributed by atoms with van der Waals surface area (Å²) < 4.78 is 5.24. The number of ether oxygens (including phenoxy) is 1. The number of hydrogen-bond donors (Lipinski definition) is 0. The molecule has 14 heavy (non-hydrogen) atoms. The molecular formula is C12H15BrO. The van der Waals surface area contributed by atoms with Crippen LogP contribution in [0, 0.1) is 5.41 Å². The van der Waals surface area contributed by atoms with E-state index in [-0.39, 0.29) is 0 Å². The van der Waals surface area contributed by atoms with Crippen molar-refractivity contribution in [2.45, 2.75) is 25.1 Å². The zero-order valence-corrected chi connectivity index (χ0v) is 10.4. The molecule has 1 atom stereocenters. The van der Waals surface area contributed by atoms with Crippen LogP contribution < -0.4 is 4.74 Å². The van der Waals surface area contributed by atoms with Gasteiger partial charge in [-0.05, 0) is 35.1 Å². The quantitative estimate of drug-likeness (QED) is 0.695. The van der Waals surface area contributed by atoms with Gasteiger partial charge >= 0.3 is 0 Å². The second-order valence-electron chi connectivity index (χ2n) is 4.59. The summed E-state index contributed by atoms with van der Waals surface area (Å²) in [6, 6.07) is 6.36. The molecule has 0 aliphatic heterocycles. The van der Waals surface area contributed by atoms with Gasteiger partial charge in [0.1, 0.15) is 5.75 Å². The first kappa shape index (κ1) is 10.0. The van der Waals surface area contributed by atoms with Crippen molar-refractivity contribution in [3.05, 3.63) is 29.3 Å². The first-order valence-corrected chi connectivity index (χ1v) is 5.77. The molecule has 76 valence electrons. The van der Waals surface area contributed by atoms with Crippen LogP contribution in [0.2, 0.25) is 0 Å². The normalized spacial score (nSPS) is 23.3. The van der Waals surface area contributed by atoms with Crippen molar-refractivity contribution in [3.63, 3.8) is 0 Å². The largest absolute Gasteiger partial charge is 0.497 e. The molecule has 0 heterocycles. The molecule has 1 aromatic carbocycles. The summed E-state index contributed by atoms with van der Waals surface area (Å²) in [6.07, 6.45) is 1.14. The highest BCUT2D eigenvalue weighted by Crippen LogP contribution is 2.51. The maximum absolute atomic E-state index is 5.24. The molecule has 0 amide bonds. The minimum absolute atomic E-state index is 0.314. The summed E-state index contributed by atoms with van der Waals surface area (Å²) in [5.41, 5.74) is 3.14. The number of halogens is 1. The lowest BCUT2D eigenvalue weighted by Crippen LogP contribution is -2.12. The van der Waals surface area contributed by atoms with Crippen LogP contribution in [0.1, 0.15) is 29.8 Å². The first-order chi connectivity index (χ1) is 6.54. The molecule has 1 aromatic rings. The second kappa shape index (κ2) is 3.27. The third-order valence-corrected chi connectivity index (χ3v) is 4.69. The molecule has 0 spiro atoms. The lowest BCUT2D eigenvalue weighted by Gasteiger charge is -2.21. The Hall–Kier alpha value is -0.500. The van der Waals surface area contributed by atoms with E-state index >= 15 is 0 Å². The lowest BCUT2D eigenvalue weighted by atomic mass is 9.90. The first-order valence-electron chi connectivity index (χ1n) is 4.85. The Labute approximate surface area is 93.6 Å². The molecule has 0 N–H and O–H groups in total. The molecule has 0 saturated heterocycles. The average molecular weight is 255 g/mol. The van der Waals surface area contributed by atoms with E-state index < -0.39 is 0 Å². The average Bonchev–Trinajstić information content (AvgIpc) is 2.38. The maximum Gasteiger partial charge on any atom is 0.119 e. The highest BCUT2D eigenvalue weighted by molar-refractivity contribution is 9.09. The molecule has 2 heteroatoms. The van der Waals surface area contributed by atoms with E-state index in [9.17, 15) is 0 Å². The zero-order valence-electron chi connectivity index (χ0n) is 8.80. The fourth-order valence-electron chi connectivity index (χ4n) is 2.10. The Kier molecular flexibility index (Phi) is 2.34. The van der Waals surface area contributed by atoms with E-state index in [2.05, 4.69) is 41.9 Å². The van der Waals surface area contributed by atoms with Gasteiger partial charge in [-0.2, -0.15) is 0 Å². The molecule has 1 aliphatic carbocycles. The van der Waals surface area contributed by atoms with Gasteiger partial charge in [-0.1, -0.05) is 35.8 Å². The van der Waals surface area contributed by atoms with Gasteiger partial charge in [-0.15, -0.1) is 0 Å². The number of hydrogen-bond acceptors (Lipinski definition) is 1. The van der Waals surface area contributed by atoms with Crippen LogP contribution in [0.5, 0.6) is 5.75 Å². The molecular weight excluding hydrogens is 240 g/mol. The molecule has 0 bridgehead atoms. The van der Waals surface area contributed by atoms with Gasteiger partial charge < -0.3 is 4.74 Å². The summed E-state index contributed by atoms with van der Waals surface area (Å²) >= 11 is 3.77. The van der Waals surface area contributed by atoms with Gasteiger partial charge in [0.05, 0.1) is 7.11 Å². The molecule has 0 saturated carbocycles. The standard InChI is InChI=1S/C12H15BrO/c1-12(2)7-8-4-5-9(14-3)6-10(8)11(12)13/h4-6,11H,7H2,1-3H3. The van der Waals surface area contributed by atoms with E-state index in [4.69, 9.17) is 4.74 Å². The number of methoxy groups -OCH3 is 1. The fourth-order valence-corrected chi connectivity index (χ4v) is 2.69. The predicted octanol–water partition coefficient (Wildman–Crippen LogP) is 3.71. The molecule has 0 radical (unpaired) electrons. The summed E-state index contributed by atoms with van der Waals surface area (Å²) in [7, 11) is 1.71. The van der Waals surface area contributed by atoms with Crippen molar-refractivity contribution in [2.75, 3.05) is 7.11 Å². The smallest absolute Gasteiger partial charge is 0.119 e. The van der Waals surface area contributed by atoms with E-state index in [1.165, 1.54) is 11.1 Å². The Morgan fingerprint density at radius 3 is 2.79 bits per heavy atom. The Bertz CT molecular complexity index is 357. The number of rotatable bonds is 1. The van der Waals surface area contributed by atoms with Crippen molar-refractivity contribution < 1.29 is 4.74 Å². The maximum atomic E-state index is 5.24.